The van der Waals surface area contributed by atoms with Crippen LogP contribution in [0.2, 0.25) is 0 Å². The summed E-state index contributed by atoms with van der Waals surface area (Å²) in [6.07, 6.45) is 14.6. The minimum Gasteiger partial charge on any atom is -0.491 e. The molecule has 6 heteroatoms. The highest BCUT2D eigenvalue weighted by Crippen LogP contribution is 2.49. The average molecular weight is 545 g/mol. The van der Waals surface area contributed by atoms with Crippen LogP contribution in [-0.4, -0.2) is 13.2 Å². The van der Waals surface area contributed by atoms with Gasteiger partial charge in [-0.3, -0.25) is 0 Å². The zero-order chi connectivity index (χ0) is 27.5. The van der Waals surface area contributed by atoms with Gasteiger partial charge >= 0.3 is 0 Å². The molecule has 4 unspecified atom stereocenters. The van der Waals surface area contributed by atoms with E-state index < -0.39 is 23.3 Å². The van der Waals surface area contributed by atoms with Gasteiger partial charge in [-0.1, -0.05) is 6.08 Å². The Bertz CT molecular complexity index is 1160. The largest absolute Gasteiger partial charge is 0.491 e. The lowest BCUT2D eigenvalue weighted by Crippen LogP contribution is -2.35. The maximum Gasteiger partial charge on any atom is 0.201 e. The molecule has 0 aromatic heterocycles. The Morgan fingerprint density at radius 1 is 0.667 bits per heavy atom. The van der Waals surface area contributed by atoms with Crippen LogP contribution in [0.15, 0.2) is 36.9 Å². The monoisotopic (exact) mass is 544 g/mol. The second-order valence-electron chi connectivity index (χ2n) is 11.9. The summed E-state index contributed by atoms with van der Waals surface area (Å²) in [6, 6.07) is 4.96. The van der Waals surface area contributed by atoms with E-state index in [1.807, 2.05) is 0 Å². The number of hydrogen-bond acceptors (Lipinski definition) is 2. The Kier molecular flexibility index (Phi) is 8.88. The SMILES string of the molecule is C=CC1CCC(C2CCC3CC(COc4ccc(-c5ccc(OCC)c(F)c5F)c(F)c4F)CCC3C2)CC1. The molecule has 0 bridgehead atoms. The molecule has 212 valence electrons. The summed E-state index contributed by atoms with van der Waals surface area (Å²) >= 11 is 0. The zero-order valence-electron chi connectivity index (χ0n) is 22.9. The Morgan fingerprint density at radius 2 is 1.18 bits per heavy atom. The van der Waals surface area contributed by atoms with Crippen LogP contribution in [0.3, 0.4) is 0 Å². The maximum absolute atomic E-state index is 14.9. The fourth-order valence-electron chi connectivity index (χ4n) is 7.52. The highest BCUT2D eigenvalue weighted by Gasteiger charge is 2.39. The standard InChI is InChI=1S/C33H40F4O2/c1-3-20-5-8-22(9-6-20)24-12-11-23-17-21(7-10-25(23)18-24)19-39-29-16-14-27(31(35)33(29)37)26-13-15-28(38-4-2)32(36)30(26)34/h3,13-16,20-25H,1,4-12,17-19H2,2H3. The highest BCUT2D eigenvalue weighted by atomic mass is 19.2. The van der Waals surface area contributed by atoms with Gasteiger partial charge in [0, 0.05) is 11.1 Å². The van der Waals surface area contributed by atoms with E-state index in [0.29, 0.717) is 24.4 Å². The molecule has 3 saturated carbocycles. The molecule has 39 heavy (non-hydrogen) atoms. The van der Waals surface area contributed by atoms with Crippen LogP contribution >= 0.6 is 0 Å². The topological polar surface area (TPSA) is 18.5 Å². The van der Waals surface area contributed by atoms with Crippen LogP contribution in [-0.2, 0) is 0 Å². The van der Waals surface area contributed by atoms with Crippen LogP contribution in [0.5, 0.6) is 11.5 Å². The van der Waals surface area contributed by atoms with Crippen molar-refractivity contribution in [3.05, 3.63) is 60.2 Å². The van der Waals surface area contributed by atoms with E-state index >= 15 is 0 Å². The number of allylic oxidation sites excluding steroid dienone is 1. The van der Waals surface area contributed by atoms with Crippen LogP contribution in [0, 0.1) is 58.8 Å². The van der Waals surface area contributed by atoms with Gasteiger partial charge in [-0.2, -0.15) is 8.78 Å². The van der Waals surface area contributed by atoms with Gasteiger partial charge in [-0.05, 0) is 131 Å². The quantitative estimate of drug-likeness (QED) is 0.243. The first-order valence-electron chi connectivity index (χ1n) is 14.7. The van der Waals surface area contributed by atoms with E-state index in [0.717, 1.165) is 30.6 Å². The smallest absolute Gasteiger partial charge is 0.201 e. The molecule has 0 radical (unpaired) electrons. The fraction of sp³-hybridized carbons (Fsp3) is 0.576. The van der Waals surface area contributed by atoms with Crippen molar-refractivity contribution < 1.29 is 27.0 Å². The predicted molar refractivity (Wildman–Crippen MR) is 146 cm³/mol. The predicted octanol–water partition coefficient (Wildman–Crippen LogP) is 9.51. The molecule has 3 aliphatic carbocycles. The van der Waals surface area contributed by atoms with Gasteiger partial charge < -0.3 is 9.47 Å². The molecule has 2 aromatic rings. The van der Waals surface area contributed by atoms with Crippen molar-refractivity contribution in [3.63, 3.8) is 0 Å². The Morgan fingerprint density at radius 3 is 1.77 bits per heavy atom. The summed E-state index contributed by atoms with van der Waals surface area (Å²) in [5.41, 5.74) is -0.712. The lowest BCUT2D eigenvalue weighted by Gasteiger charge is -2.45. The lowest BCUT2D eigenvalue weighted by molar-refractivity contribution is 0.0499. The van der Waals surface area contributed by atoms with Crippen molar-refractivity contribution in [2.45, 2.75) is 71.1 Å². The van der Waals surface area contributed by atoms with Crippen molar-refractivity contribution in [1.29, 1.82) is 0 Å². The molecule has 0 aliphatic heterocycles. The molecule has 0 amide bonds. The van der Waals surface area contributed by atoms with E-state index in [1.54, 1.807) is 6.92 Å². The van der Waals surface area contributed by atoms with Crippen LogP contribution in [0.1, 0.15) is 71.1 Å². The average Bonchev–Trinajstić information content (AvgIpc) is 2.96. The Hall–Kier alpha value is -2.50. The van der Waals surface area contributed by atoms with Crippen LogP contribution in [0.4, 0.5) is 17.6 Å². The van der Waals surface area contributed by atoms with Crippen LogP contribution < -0.4 is 9.47 Å². The van der Waals surface area contributed by atoms with Crippen molar-refractivity contribution in [3.8, 4) is 22.6 Å². The molecule has 3 fully saturated rings. The molecule has 2 nitrogen and oxygen atoms in total. The number of halogens is 4. The van der Waals surface area contributed by atoms with E-state index in [1.165, 1.54) is 75.6 Å². The third-order valence-electron chi connectivity index (χ3n) is 9.74. The van der Waals surface area contributed by atoms with Gasteiger partial charge in [0.1, 0.15) is 0 Å². The second-order valence-corrected chi connectivity index (χ2v) is 11.9. The second kappa shape index (κ2) is 12.3. The van der Waals surface area contributed by atoms with Gasteiger partial charge in [0.05, 0.1) is 13.2 Å². The molecular weight excluding hydrogens is 504 g/mol. The lowest BCUT2D eigenvalue weighted by atomic mass is 9.61. The third-order valence-corrected chi connectivity index (χ3v) is 9.74. The van der Waals surface area contributed by atoms with Crippen molar-refractivity contribution >= 4 is 0 Å². The molecule has 5 rings (SSSR count). The number of fused-ring (bicyclic) bond motifs is 1. The first-order chi connectivity index (χ1) is 18.9. The minimum absolute atomic E-state index is 0.158. The van der Waals surface area contributed by atoms with Crippen molar-refractivity contribution in [2.75, 3.05) is 13.2 Å². The van der Waals surface area contributed by atoms with Gasteiger partial charge in [0.15, 0.2) is 23.1 Å². The zero-order valence-corrected chi connectivity index (χ0v) is 22.9. The molecular formula is C33H40F4O2. The van der Waals surface area contributed by atoms with E-state index in [9.17, 15) is 17.6 Å². The summed E-state index contributed by atoms with van der Waals surface area (Å²) in [4.78, 5) is 0. The summed E-state index contributed by atoms with van der Waals surface area (Å²) in [5, 5.41) is 0. The highest BCUT2D eigenvalue weighted by molar-refractivity contribution is 5.67. The van der Waals surface area contributed by atoms with Gasteiger partial charge in [0.25, 0.3) is 0 Å². The molecule has 2 aromatic carbocycles. The number of ether oxygens (including phenoxy) is 2. The minimum atomic E-state index is -1.27. The maximum atomic E-state index is 14.9. The van der Waals surface area contributed by atoms with E-state index in [2.05, 4.69) is 12.7 Å². The summed E-state index contributed by atoms with van der Waals surface area (Å²) in [6.45, 7) is 6.11. The molecule has 0 spiro atoms. The van der Waals surface area contributed by atoms with Gasteiger partial charge in [0.2, 0.25) is 11.6 Å². The summed E-state index contributed by atoms with van der Waals surface area (Å²) < 4.78 is 69.5. The first-order valence-corrected chi connectivity index (χ1v) is 14.7. The fourth-order valence-corrected chi connectivity index (χ4v) is 7.52. The third kappa shape index (κ3) is 6.00. The molecule has 0 N–H and O–H groups in total. The number of hydrogen-bond donors (Lipinski definition) is 0. The molecule has 0 heterocycles. The van der Waals surface area contributed by atoms with Crippen LogP contribution in [0.25, 0.3) is 11.1 Å². The van der Waals surface area contributed by atoms with Crippen molar-refractivity contribution in [1.82, 2.24) is 0 Å². The summed E-state index contributed by atoms with van der Waals surface area (Å²) in [5.74, 6) is -1.17. The van der Waals surface area contributed by atoms with E-state index in [-0.39, 0.29) is 29.2 Å². The Labute approximate surface area is 229 Å². The molecule has 0 saturated heterocycles. The van der Waals surface area contributed by atoms with Gasteiger partial charge in [-0.25, -0.2) is 8.78 Å². The molecule has 3 aliphatic rings. The molecule has 4 atom stereocenters. The van der Waals surface area contributed by atoms with Gasteiger partial charge in [-0.15, -0.1) is 6.58 Å². The normalized spacial score (nSPS) is 28.9. The van der Waals surface area contributed by atoms with E-state index in [4.69, 9.17) is 9.47 Å². The number of rotatable bonds is 8. The number of benzene rings is 2. The first kappa shape index (κ1) is 28.0. The Balaban J connectivity index is 1.16. The summed E-state index contributed by atoms with van der Waals surface area (Å²) in [7, 11) is 0. The van der Waals surface area contributed by atoms with Crippen molar-refractivity contribution in [2.24, 2.45) is 35.5 Å².